The second kappa shape index (κ2) is 10.6. The van der Waals surface area contributed by atoms with Gasteiger partial charge in [-0.1, -0.05) is 47.5 Å². The average molecular weight is 546 g/mol. The van der Waals surface area contributed by atoms with Crippen molar-refractivity contribution in [1.29, 1.82) is 5.26 Å². The number of hydrogen-bond acceptors (Lipinski definition) is 5. The lowest BCUT2D eigenvalue weighted by Crippen LogP contribution is -2.38. The van der Waals surface area contributed by atoms with Crippen molar-refractivity contribution in [3.05, 3.63) is 102 Å². The Balaban J connectivity index is 1.55. The molecule has 0 bridgehead atoms. The van der Waals surface area contributed by atoms with Crippen molar-refractivity contribution in [3.63, 3.8) is 0 Å². The van der Waals surface area contributed by atoms with Crippen molar-refractivity contribution < 1.29 is 4.79 Å². The van der Waals surface area contributed by atoms with Crippen LogP contribution < -0.4 is 5.56 Å². The lowest BCUT2D eigenvalue weighted by molar-refractivity contribution is -0.134. The second-order valence-corrected chi connectivity index (χ2v) is 10.5. The molecule has 1 amide bonds. The van der Waals surface area contributed by atoms with E-state index >= 15 is 0 Å². The molecule has 0 unspecified atom stereocenters. The van der Waals surface area contributed by atoms with Crippen LogP contribution in [0.15, 0.2) is 64.0 Å². The van der Waals surface area contributed by atoms with Crippen molar-refractivity contribution in [2.45, 2.75) is 45.7 Å². The normalized spacial score (nSPS) is 19.7. The van der Waals surface area contributed by atoms with Gasteiger partial charge in [0.15, 0.2) is 0 Å². The molecule has 1 aliphatic carbocycles. The maximum absolute atomic E-state index is 13.7. The zero-order chi connectivity index (χ0) is 27.0. The third-order valence-electron chi connectivity index (χ3n) is 7.21. The van der Waals surface area contributed by atoms with Gasteiger partial charge in [-0.05, 0) is 85.7 Å². The first-order valence-corrected chi connectivity index (χ1v) is 13.1. The predicted octanol–water partition coefficient (Wildman–Crippen LogP) is 5.86. The number of amides is 1. The molecular formula is C29H25Cl2N5O2. The van der Waals surface area contributed by atoms with E-state index in [4.69, 9.17) is 28.3 Å². The van der Waals surface area contributed by atoms with E-state index in [2.05, 4.69) is 11.2 Å². The highest BCUT2D eigenvalue weighted by atomic mass is 35.5. The minimum absolute atomic E-state index is 0.00543. The summed E-state index contributed by atoms with van der Waals surface area (Å²) in [7, 11) is 0. The largest absolute Gasteiger partial charge is 0.285 e. The number of aromatic nitrogens is 2. The fourth-order valence-electron chi connectivity index (χ4n) is 5.17. The number of rotatable bonds is 4. The summed E-state index contributed by atoms with van der Waals surface area (Å²) in [6.45, 7) is 3.07. The molecule has 1 aliphatic heterocycles. The van der Waals surface area contributed by atoms with E-state index in [-0.39, 0.29) is 30.0 Å². The van der Waals surface area contributed by atoms with Crippen LogP contribution >= 0.6 is 23.2 Å². The molecule has 0 spiro atoms. The fourth-order valence-corrected chi connectivity index (χ4v) is 5.42. The second-order valence-electron chi connectivity index (χ2n) is 9.60. The van der Waals surface area contributed by atoms with E-state index < -0.39 is 5.56 Å². The van der Waals surface area contributed by atoms with Gasteiger partial charge in [-0.3, -0.25) is 9.59 Å². The molecule has 0 radical (unpaired) electrons. The predicted molar refractivity (Wildman–Crippen MR) is 148 cm³/mol. The summed E-state index contributed by atoms with van der Waals surface area (Å²) in [5.74, 6) is -0.383. The number of benzene rings is 2. The van der Waals surface area contributed by atoms with Gasteiger partial charge in [0.2, 0.25) is 0 Å². The number of fused-ring (bicyclic) bond motifs is 1. The van der Waals surface area contributed by atoms with Gasteiger partial charge in [-0.25, -0.2) is 9.69 Å². The monoisotopic (exact) mass is 545 g/mol. The van der Waals surface area contributed by atoms with E-state index in [0.29, 0.717) is 21.3 Å². The highest BCUT2D eigenvalue weighted by molar-refractivity contribution is 6.30. The van der Waals surface area contributed by atoms with Crippen LogP contribution in [0.5, 0.6) is 0 Å². The number of nitrogens with zero attached hydrogens (tertiary/aromatic N) is 5. The molecular weight excluding hydrogens is 521 g/mol. The number of carbonyl (C=O) groups excluding carboxylic acids is 1. The Hall–Kier alpha value is -3.73. The zero-order valence-electron chi connectivity index (χ0n) is 21.0. The summed E-state index contributed by atoms with van der Waals surface area (Å²) in [4.78, 5) is 26.6. The summed E-state index contributed by atoms with van der Waals surface area (Å²) >= 11 is 12.2. The van der Waals surface area contributed by atoms with Crippen molar-refractivity contribution >= 4 is 40.9 Å². The quantitative estimate of drug-likeness (QED) is 0.410. The van der Waals surface area contributed by atoms with Crippen molar-refractivity contribution in [1.82, 2.24) is 14.8 Å². The lowest BCUT2D eigenvalue weighted by Gasteiger charge is -2.29. The van der Waals surface area contributed by atoms with E-state index in [0.717, 1.165) is 46.4 Å². The van der Waals surface area contributed by atoms with Gasteiger partial charge in [-0.15, -0.1) is 0 Å². The van der Waals surface area contributed by atoms with Crippen molar-refractivity contribution in [3.8, 4) is 6.07 Å². The van der Waals surface area contributed by atoms with Crippen LogP contribution in [0, 0.1) is 31.1 Å². The van der Waals surface area contributed by atoms with Gasteiger partial charge in [0.1, 0.15) is 18.2 Å². The molecule has 3 aromatic rings. The summed E-state index contributed by atoms with van der Waals surface area (Å²) < 4.78 is 1.06. The molecule has 9 heteroatoms. The van der Waals surface area contributed by atoms with Crippen LogP contribution in [0.1, 0.15) is 53.3 Å². The molecule has 2 heterocycles. The highest BCUT2D eigenvalue weighted by Crippen LogP contribution is 2.44. The minimum atomic E-state index is -0.584. The average Bonchev–Trinajstić information content (AvgIpc) is 3.30. The first-order valence-electron chi connectivity index (χ1n) is 12.4. The molecule has 2 aliphatic rings. The first-order chi connectivity index (χ1) is 18.3. The van der Waals surface area contributed by atoms with Crippen LogP contribution in [-0.4, -0.2) is 26.4 Å². The van der Waals surface area contributed by atoms with Gasteiger partial charge >= 0.3 is 0 Å². The summed E-state index contributed by atoms with van der Waals surface area (Å²) in [6.07, 6.45) is 4.77. The number of hydrazone groups is 1. The molecule has 1 aromatic heterocycles. The smallest absolute Gasteiger partial charge is 0.271 e. The van der Waals surface area contributed by atoms with Gasteiger partial charge in [0.25, 0.3) is 11.5 Å². The number of carbonyl (C=O) groups is 1. The molecule has 38 heavy (non-hydrogen) atoms. The van der Waals surface area contributed by atoms with Crippen LogP contribution in [0.25, 0.3) is 6.08 Å². The van der Waals surface area contributed by atoms with Crippen LogP contribution in [0.3, 0.4) is 0 Å². The molecule has 2 atom stereocenters. The molecule has 1 saturated carbocycles. The molecule has 7 nitrogen and oxygen atoms in total. The first kappa shape index (κ1) is 25.9. The molecule has 0 saturated heterocycles. The summed E-state index contributed by atoms with van der Waals surface area (Å²) in [5, 5.41) is 21.4. The summed E-state index contributed by atoms with van der Waals surface area (Å²) in [6, 6.07) is 16.6. The lowest BCUT2D eigenvalue weighted by atomic mass is 9.77. The number of allylic oxidation sites excluding steroid dienone is 1. The van der Waals surface area contributed by atoms with Crippen LogP contribution in [0.4, 0.5) is 0 Å². The van der Waals surface area contributed by atoms with Gasteiger partial charge in [0, 0.05) is 16.0 Å². The SMILES string of the molecule is Cc1nn(CC(=O)N2N=C3/C(=C\c4ccc(Cl)cc4)CCC[C@H]3[C@@H]2c2ccc(Cl)cc2)c(=O)c(C#N)c1C. The zero-order valence-corrected chi connectivity index (χ0v) is 22.5. The van der Waals surface area contributed by atoms with E-state index in [1.165, 1.54) is 5.01 Å². The third kappa shape index (κ3) is 4.90. The topological polar surface area (TPSA) is 91.3 Å². The highest BCUT2D eigenvalue weighted by Gasteiger charge is 2.43. The number of halogens is 2. The molecule has 5 rings (SSSR count). The van der Waals surface area contributed by atoms with Crippen molar-refractivity contribution in [2.75, 3.05) is 0 Å². The Labute approximate surface area is 230 Å². The van der Waals surface area contributed by atoms with Gasteiger partial charge in [-0.2, -0.15) is 15.5 Å². The molecule has 0 N–H and O–H groups in total. The van der Waals surface area contributed by atoms with Crippen molar-refractivity contribution in [2.24, 2.45) is 11.0 Å². The standard InChI is InChI=1S/C29H25Cl2N5O2/c1-17-18(2)33-35(29(38)25(17)15-32)16-26(37)36-28(20-8-12-23(31)13-9-20)24-5-3-4-21(27(24)34-36)14-19-6-10-22(30)11-7-19/h6-14,24,28H,3-5,16H2,1-2H3/b21-14-/t24-,28+/m1/s1. The molecule has 192 valence electrons. The van der Waals surface area contributed by atoms with Crippen LogP contribution in [0.2, 0.25) is 10.0 Å². The van der Waals surface area contributed by atoms with Gasteiger partial charge in [0.05, 0.1) is 17.4 Å². The maximum Gasteiger partial charge on any atom is 0.285 e. The minimum Gasteiger partial charge on any atom is -0.271 e. The molecule has 2 aromatic carbocycles. The Morgan fingerprint density at radius 1 is 1.11 bits per heavy atom. The Morgan fingerprint density at radius 2 is 1.76 bits per heavy atom. The maximum atomic E-state index is 13.7. The fraction of sp³-hybridized carbons (Fsp3) is 0.276. The van der Waals surface area contributed by atoms with Gasteiger partial charge < -0.3 is 0 Å². The van der Waals surface area contributed by atoms with Crippen LogP contribution in [-0.2, 0) is 11.3 Å². The van der Waals surface area contributed by atoms with E-state index in [9.17, 15) is 14.9 Å². The molecule has 1 fully saturated rings. The Bertz CT molecular complexity index is 1570. The van der Waals surface area contributed by atoms with E-state index in [1.54, 1.807) is 26.0 Å². The number of hydrogen-bond donors (Lipinski definition) is 0. The Kier molecular flexibility index (Phi) is 7.20. The Morgan fingerprint density at radius 3 is 2.42 bits per heavy atom. The number of aryl methyl sites for hydroxylation is 1. The summed E-state index contributed by atoms with van der Waals surface area (Å²) in [5.41, 5.74) is 4.33. The third-order valence-corrected chi connectivity index (χ3v) is 7.72. The number of nitriles is 1. The van der Waals surface area contributed by atoms with E-state index in [1.807, 2.05) is 42.5 Å².